The second-order valence-corrected chi connectivity index (χ2v) is 10.2. The van der Waals surface area contributed by atoms with E-state index in [1.54, 1.807) is 23.5 Å². The number of hydrogen-bond donors (Lipinski definition) is 2. The van der Waals surface area contributed by atoms with E-state index in [9.17, 15) is 8.42 Å². The van der Waals surface area contributed by atoms with Crippen LogP contribution in [0.5, 0.6) is 0 Å². The molecule has 1 fully saturated rings. The van der Waals surface area contributed by atoms with E-state index in [1.165, 1.54) is 5.56 Å². The van der Waals surface area contributed by atoms with Gasteiger partial charge in [-0.05, 0) is 36.1 Å². The fraction of sp³-hybridized carbons (Fsp3) is 0.435. The van der Waals surface area contributed by atoms with E-state index in [2.05, 4.69) is 53.7 Å². The summed E-state index contributed by atoms with van der Waals surface area (Å²) in [6.45, 7) is 6.93. The number of guanidine groups is 1. The third kappa shape index (κ3) is 5.40. The zero-order chi connectivity index (χ0) is 21.6. The molecule has 1 heterocycles. The van der Waals surface area contributed by atoms with Gasteiger partial charge in [-0.2, -0.15) is 4.31 Å². The predicted octanol–water partition coefficient (Wildman–Crippen LogP) is 3.11. The lowest BCUT2D eigenvalue weighted by molar-refractivity contribution is 0.477. The summed E-state index contributed by atoms with van der Waals surface area (Å²) in [5.74, 6) is 0.716. The predicted molar refractivity (Wildman–Crippen MR) is 122 cm³/mol. The number of nitrogens with one attached hydrogen (secondary N) is 2. The minimum absolute atomic E-state index is 0.0372. The van der Waals surface area contributed by atoms with Crippen molar-refractivity contribution in [2.75, 3.05) is 26.7 Å². The van der Waals surface area contributed by atoms with Crippen molar-refractivity contribution in [1.29, 1.82) is 0 Å². The van der Waals surface area contributed by atoms with Crippen LogP contribution in [0.3, 0.4) is 0 Å². The fourth-order valence-corrected chi connectivity index (χ4v) is 5.08. The molecule has 0 radical (unpaired) electrons. The van der Waals surface area contributed by atoms with Gasteiger partial charge in [0.2, 0.25) is 10.0 Å². The first-order chi connectivity index (χ1) is 14.3. The van der Waals surface area contributed by atoms with Gasteiger partial charge in [0.1, 0.15) is 0 Å². The van der Waals surface area contributed by atoms with E-state index in [-0.39, 0.29) is 5.41 Å². The van der Waals surface area contributed by atoms with Crippen LogP contribution in [0.2, 0.25) is 0 Å². The van der Waals surface area contributed by atoms with Gasteiger partial charge in [0.25, 0.3) is 0 Å². The minimum Gasteiger partial charge on any atom is -0.356 e. The van der Waals surface area contributed by atoms with Crippen molar-refractivity contribution in [3.8, 4) is 0 Å². The topological polar surface area (TPSA) is 73.8 Å². The van der Waals surface area contributed by atoms with E-state index >= 15 is 0 Å². The van der Waals surface area contributed by atoms with Gasteiger partial charge >= 0.3 is 0 Å². The number of aliphatic imine (C=N–C) groups is 1. The van der Waals surface area contributed by atoms with Crippen molar-refractivity contribution in [3.63, 3.8) is 0 Å². The van der Waals surface area contributed by atoms with Gasteiger partial charge in [-0.15, -0.1) is 0 Å². The van der Waals surface area contributed by atoms with Gasteiger partial charge < -0.3 is 10.6 Å². The Balaban J connectivity index is 1.55. The van der Waals surface area contributed by atoms with Gasteiger partial charge in [0.05, 0.1) is 4.90 Å². The quantitative estimate of drug-likeness (QED) is 0.525. The Hall–Kier alpha value is -2.38. The van der Waals surface area contributed by atoms with Crippen molar-refractivity contribution in [3.05, 3.63) is 65.7 Å². The molecule has 3 rings (SSSR count). The number of sulfonamides is 1. The molecule has 1 aliphatic heterocycles. The Bertz CT molecular complexity index is 948. The van der Waals surface area contributed by atoms with Crippen LogP contribution in [0.4, 0.5) is 0 Å². The van der Waals surface area contributed by atoms with E-state index in [0.717, 1.165) is 24.9 Å². The second-order valence-electron chi connectivity index (χ2n) is 8.28. The van der Waals surface area contributed by atoms with Crippen molar-refractivity contribution in [2.45, 2.75) is 43.5 Å². The standard InChI is InChI=1S/C23H32N4O2S/c1-23(2,20-9-5-4-6-10-20)18-26-22(24-3)25-17-19-11-13-21(14-12-19)30(28,29)27-15-7-8-16-27/h4-6,9-14H,7-8,15-18H2,1-3H3,(H2,24,25,26). The lowest BCUT2D eigenvalue weighted by Crippen LogP contribution is -2.43. The van der Waals surface area contributed by atoms with Crippen LogP contribution >= 0.6 is 0 Å². The normalized spacial score (nSPS) is 15.9. The first-order valence-corrected chi connectivity index (χ1v) is 11.9. The molecule has 0 aliphatic carbocycles. The molecule has 0 atom stereocenters. The number of benzene rings is 2. The second kappa shape index (κ2) is 9.62. The molecular formula is C23H32N4O2S. The van der Waals surface area contributed by atoms with Gasteiger partial charge in [-0.1, -0.05) is 56.3 Å². The lowest BCUT2D eigenvalue weighted by Gasteiger charge is -2.26. The highest BCUT2D eigenvalue weighted by Crippen LogP contribution is 2.22. The molecular weight excluding hydrogens is 396 g/mol. The number of rotatable bonds is 7. The monoisotopic (exact) mass is 428 g/mol. The van der Waals surface area contributed by atoms with Crippen molar-refractivity contribution < 1.29 is 8.42 Å². The first-order valence-electron chi connectivity index (χ1n) is 10.4. The average molecular weight is 429 g/mol. The van der Waals surface area contributed by atoms with Gasteiger partial charge in [-0.3, -0.25) is 4.99 Å². The maximum Gasteiger partial charge on any atom is 0.243 e. The van der Waals surface area contributed by atoms with Crippen molar-refractivity contribution >= 4 is 16.0 Å². The zero-order valence-corrected chi connectivity index (χ0v) is 18.9. The first kappa shape index (κ1) is 22.3. The number of nitrogens with zero attached hydrogens (tertiary/aromatic N) is 2. The number of hydrogen-bond acceptors (Lipinski definition) is 3. The Morgan fingerprint density at radius 3 is 2.23 bits per heavy atom. The Morgan fingerprint density at radius 1 is 1.00 bits per heavy atom. The molecule has 0 aromatic heterocycles. The van der Waals surface area contributed by atoms with Gasteiger partial charge in [0, 0.05) is 38.6 Å². The molecule has 30 heavy (non-hydrogen) atoms. The summed E-state index contributed by atoms with van der Waals surface area (Å²) in [5.41, 5.74) is 2.23. The summed E-state index contributed by atoms with van der Waals surface area (Å²) >= 11 is 0. The Kier molecular flexibility index (Phi) is 7.15. The van der Waals surface area contributed by atoms with Crippen LogP contribution in [0.15, 0.2) is 64.5 Å². The summed E-state index contributed by atoms with van der Waals surface area (Å²) in [5, 5.41) is 6.69. The van der Waals surface area contributed by atoms with Crippen molar-refractivity contribution in [2.24, 2.45) is 4.99 Å². The lowest BCUT2D eigenvalue weighted by atomic mass is 9.85. The van der Waals surface area contributed by atoms with Crippen LogP contribution in [-0.2, 0) is 22.0 Å². The molecule has 1 saturated heterocycles. The maximum atomic E-state index is 12.6. The Labute approximate surface area is 180 Å². The molecule has 0 amide bonds. The molecule has 0 spiro atoms. The molecule has 6 nitrogen and oxygen atoms in total. The fourth-order valence-electron chi connectivity index (χ4n) is 3.56. The van der Waals surface area contributed by atoms with E-state index in [1.807, 2.05) is 18.2 Å². The molecule has 2 N–H and O–H groups in total. The summed E-state index contributed by atoms with van der Waals surface area (Å²) in [6.07, 6.45) is 1.88. The molecule has 2 aromatic carbocycles. The van der Waals surface area contributed by atoms with Crippen LogP contribution < -0.4 is 10.6 Å². The van der Waals surface area contributed by atoms with Gasteiger partial charge in [0.15, 0.2) is 5.96 Å². The third-order valence-corrected chi connectivity index (χ3v) is 7.48. The smallest absolute Gasteiger partial charge is 0.243 e. The summed E-state index contributed by atoms with van der Waals surface area (Å²) in [4.78, 5) is 4.66. The highest BCUT2D eigenvalue weighted by molar-refractivity contribution is 7.89. The van der Waals surface area contributed by atoms with Crippen LogP contribution in [-0.4, -0.2) is 45.4 Å². The SMILES string of the molecule is CN=C(NCc1ccc(S(=O)(=O)N2CCCC2)cc1)NCC(C)(C)c1ccccc1. The molecule has 0 saturated carbocycles. The summed E-state index contributed by atoms with van der Waals surface area (Å²) in [7, 11) is -1.62. The van der Waals surface area contributed by atoms with Gasteiger partial charge in [-0.25, -0.2) is 8.42 Å². The summed E-state index contributed by atoms with van der Waals surface area (Å²) < 4.78 is 26.8. The van der Waals surface area contributed by atoms with Crippen molar-refractivity contribution in [1.82, 2.24) is 14.9 Å². The van der Waals surface area contributed by atoms with Crippen LogP contribution in [0, 0.1) is 0 Å². The minimum atomic E-state index is -3.37. The molecule has 2 aromatic rings. The third-order valence-electron chi connectivity index (χ3n) is 5.56. The molecule has 7 heteroatoms. The highest BCUT2D eigenvalue weighted by Gasteiger charge is 2.27. The highest BCUT2D eigenvalue weighted by atomic mass is 32.2. The summed E-state index contributed by atoms with van der Waals surface area (Å²) in [6, 6.07) is 17.5. The molecule has 162 valence electrons. The van der Waals surface area contributed by atoms with Crippen LogP contribution in [0.25, 0.3) is 0 Å². The molecule has 0 unspecified atom stereocenters. The average Bonchev–Trinajstić information content (AvgIpc) is 3.31. The molecule has 1 aliphatic rings. The Morgan fingerprint density at radius 2 is 1.63 bits per heavy atom. The van der Waals surface area contributed by atoms with E-state index in [0.29, 0.717) is 30.5 Å². The van der Waals surface area contributed by atoms with E-state index in [4.69, 9.17) is 0 Å². The maximum absolute atomic E-state index is 12.6. The van der Waals surface area contributed by atoms with Crippen LogP contribution in [0.1, 0.15) is 37.8 Å². The molecule has 0 bridgehead atoms. The van der Waals surface area contributed by atoms with E-state index < -0.39 is 10.0 Å². The zero-order valence-electron chi connectivity index (χ0n) is 18.1. The largest absolute Gasteiger partial charge is 0.356 e.